The van der Waals surface area contributed by atoms with Crippen molar-refractivity contribution >= 4 is 5.91 Å². The number of methoxy groups -OCH3 is 1. The predicted molar refractivity (Wildman–Crippen MR) is 87.5 cm³/mol. The van der Waals surface area contributed by atoms with Crippen LogP contribution in [0.25, 0.3) is 0 Å². The van der Waals surface area contributed by atoms with Crippen LogP contribution in [0.2, 0.25) is 0 Å². The van der Waals surface area contributed by atoms with Crippen LogP contribution in [0, 0.1) is 0 Å². The normalized spacial score (nSPS) is 12.8. The van der Waals surface area contributed by atoms with Gasteiger partial charge in [0.15, 0.2) is 0 Å². The molecule has 1 N–H and O–H groups in total. The largest absolute Gasteiger partial charge is 0.497 e. The molecule has 114 valence electrons. The fraction of sp³-hybridized carbons (Fsp3) is 0.316. The second-order valence-corrected chi connectivity index (χ2v) is 5.69. The number of hydrogen-bond acceptors (Lipinski definition) is 2. The zero-order chi connectivity index (χ0) is 15.4. The van der Waals surface area contributed by atoms with Crippen LogP contribution in [-0.2, 0) is 19.3 Å². The SMILES string of the molecule is COc1ccc(CCNC(=O)c2ccc3c(c2)CCC3)cc1. The van der Waals surface area contributed by atoms with Gasteiger partial charge in [0.2, 0.25) is 0 Å². The molecule has 3 nitrogen and oxygen atoms in total. The lowest BCUT2D eigenvalue weighted by Crippen LogP contribution is -2.25. The highest BCUT2D eigenvalue weighted by atomic mass is 16.5. The Labute approximate surface area is 131 Å². The summed E-state index contributed by atoms with van der Waals surface area (Å²) in [4.78, 5) is 12.2. The molecule has 2 aromatic rings. The molecule has 0 fully saturated rings. The van der Waals surface area contributed by atoms with Gasteiger partial charge in [-0.15, -0.1) is 0 Å². The number of benzene rings is 2. The Morgan fingerprint density at radius 1 is 1.09 bits per heavy atom. The smallest absolute Gasteiger partial charge is 0.251 e. The van der Waals surface area contributed by atoms with Crippen molar-refractivity contribution in [1.29, 1.82) is 0 Å². The van der Waals surface area contributed by atoms with Crippen molar-refractivity contribution < 1.29 is 9.53 Å². The molecule has 0 atom stereocenters. The second-order valence-electron chi connectivity index (χ2n) is 5.69. The first-order valence-corrected chi connectivity index (χ1v) is 7.79. The van der Waals surface area contributed by atoms with E-state index in [-0.39, 0.29) is 5.91 Å². The molecule has 0 radical (unpaired) electrons. The quantitative estimate of drug-likeness (QED) is 0.920. The highest BCUT2D eigenvalue weighted by molar-refractivity contribution is 5.94. The average molecular weight is 295 g/mol. The summed E-state index contributed by atoms with van der Waals surface area (Å²) < 4.78 is 5.14. The molecular formula is C19H21NO2. The lowest BCUT2D eigenvalue weighted by molar-refractivity contribution is 0.0954. The van der Waals surface area contributed by atoms with Gasteiger partial charge in [0.25, 0.3) is 5.91 Å². The van der Waals surface area contributed by atoms with E-state index in [9.17, 15) is 4.79 Å². The Kier molecular flexibility index (Phi) is 4.42. The fourth-order valence-corrected chi connectivity index (χ4v) is 2.93. The van der Waals surface area contributed by atoms with E-state index in [1.807, 2.05) is 36.4 Å². The number of hydrogen-bond donors (Lipinski definition) is 1. The van der Waals surface area contributed by atoms with Gasteiger partial charge in [-0.3, -0.25) is 4.79 Å². The number of fused-ring (bicyclic) bond motifs is 1. The molecule has 0 saturated heterocycles. The molecule has 0 heterocycles. The summed E-state index contributed by atoms with van der Waals surface area (Å²) >= 11 is 0. The van der Waals surface area contributed by atoms with Crippen molar-refractivity contribution in [3.8, 4) is 5.75 Å². The van der Waals surface area contributed by atoms with Gasteiger partial charge in [-0.2, -0.15) is 0 Å². The van der Waals surface area contributed by atoms with Gasteiger partial charge < -0.3 is 10.1 Å². The van der Waals surface area contributed by atoms with Gasteiger partial charge in [0.1, 0.15) is 5.75 Å². The molecule has 1 aliphatic rings. The maximum absolute atomic E-state index is 12.2. The molecule has 0 spiro atoms. The molecule has 22 heavy (non-hydrogen) atoms. The van der Waals surface area contributed by atoms with Crippen molar-refractivity contribution in [2.45, 2.75) is 25.7 Å². The van der Waals surface area contributed by atoms with Crippen molar-refractivity contribution in [1.82, 2.24) is 5.32 Å². The molecule has 0 aromatic heterocycles. The zero-order valence-corrected chi connectivity index (χ0v) is 12.9. The van der Waals surface area contributed by atoms with Crippen molar-refractivity contribution in [2.24, 2.45) is 0 Å². The van der Waals surface area contributed by atoms with Gasteiger partial charge in [0.05, 0.1) is 7.11 Å². The van der Waals surface area contributed by atoms with Gasteiger partial charge in [-0.05, 0) is 66.6 Å². The number of carbonyl (C=O) groups excluding carboxylic acids is 1. The van der Waals surface area contributed by atoms with Crippen molar-refractivity contribution in [3.05, 3.63) is 64.7 Å². The van der Waals surface area contributed by atoms with Gasteiger partial charge >= 0.3 is 0 Å². The predicted octanol–water partition coefficient (Wildman–Crippen LogP) is 3.16. The molecule has 0 aliphatic heterocycles. The summed E-state index contributed by atoms with van der Waals surface area (Å²) in [5, 5.41) is 3.00. The van der Waals surface area contributed by atoms with Crippen LogP contribution in [0.15, 0.2) is 42.5 Å². The molecule has 3 heteroatoms. The van der Waals surface area contributed by atoms with E-state index < -0.39 is 0 Å². The van der Waals surface area contributed by atoms with E-state index in [0.29, 0.717) is 6.54 Å². The van der Waals surface area contributed by atoms with Crippen LogP contribution in [0.4, 0.5) is 0 Å². The zero-order valence-electron chi connectivity index (χ0n) is 12.9. The number of rotatable bonds is 5. The standard InChI is InChI=1S/C19H21NO2/c1-22-18-9-5-14(6-10-18)11-12-20-19(21)17-8-7-15-3-2-4-16(15)13-17/h5-10,13H,2-4,11-12H2,1H3,(H,20,21). The molecule has 0 unspecified atom stereocenters. The van der Waals surface area contributed by atoms with E-state index in [1.165, 1.54) is 23.1 Å². The minimum Gasteiger partial charge on any atom is -0.497 e. The molecule has 3 rings (SSSR count). The van der Waals surface area contributed by atoms with E-state index in [2.05, 4.69) is 11.4 Å². The molecule has 0 bridgehead atoms. The summed E-state index contributed by atoms with van der Waals surface area (Å²) in [6, 6.07) is 14.0. The Hall–Kier alpha value is -2.29. The molecule has 1 aliphatic carbocycles. The van der Waals surface area contributed by atoms with E-state index >= 15 is 0 Å². The van der Waals surface area contributed by atoms with Crippen molar-refractivity contribution in [3.63, 3.8) is 0 Å². The minimum absolute atomic E-state index is 0.0169. The van der Waals surface area contributed by atoms with Crippen LogP contribution < -0.4 is 10.1 Å². The Bertz CT molecular complexity index is 662. The summed E-state index contributed by atoms with van der Waals surface area (Å²) in [5.41, 5.74) is 4.70. The molecule has 1 amide bonds. The Morgan fingerprint density at radius 3 is 2.64 bits per heavy atom. The lowest BCUT2D eigenvalue weighted by atomic mass is 10.1. The molecule has 2 aromatic carbocycles. The van der Waals surface area contributed by atoms with Gasteiger partial charge in [-0.25, -0.2) is 0 Å². The number of carbonyl (C=O) groups is 1. The van der Waals surface area contributed by atoms with Crippen molar-refractivity contribution in [2.75, 3.05) is 13.7 Å². The van der Waals surface area contributed by atoms with Crippen LogP contribution in [-0.4, -0.2) is 19.6 Å². The summed E-state index contributed by atoms with van der Waals surface area (Å²) in [5.74, 6) is 0.870. The topological polar surface area (TPSA) is 38.3 Å². The van der Waals surface area contributed by atoms with Crippen LogP contribution in [0.1, 0.15) is 33.5 Å². The Balaban J connectivity index is 1.53. The average Bonchev–Trinajstić information content (AvgIpc) is 3.03. The van der Waals surface area contributed by atoms with E-state index in [4.69, 9.17) is 4.74 Å². The van der Waals surface area contributed by atoms with Crippen LogP contribution in [0.5, 0.6) is 5.75 Å². The molecular weight excluding hydrogens is 274 g/mol. The van der Waals surface area contributed by atoms with Gasteiger partial charge in [0, 0.05) is 12.1 Å². The third-order valence-electron chi connectivity index (χ3n) is 4.22. The maximum atomic E-state index is 12.2. The number of ether oxygens (including phenoxy) is 1. The Morgan fingerprint density at radius 2 is 1.86 bits per heavy atom. The van der Waals surface area contributed by atoms with Crippen LogP contribution in [0.3, 0.4) is 0 Å². The minimum atomic E-state index is 0.0169. The van der Waals surface area contributed by atoms with E-state index in [1.54, 1.807) is 7.11 Å². The molecule has 0 saturated carbocycles. The van der Waals surface area contributed by atoms with E-state index in [0.717, 1.165) is 30.6 Å². The van der Waals surface area contributed by atoms with Gasteiger partial charge in [-0.1, -0.05) is 18.2 Å². The van der Waals surface area contributed by atoms with Crippen LogP contribution >= 0.6 is 0 Å². The number of amides is 1. The monoisotopic (exact) mass is 295 g/mol. The summed E-state index contributed by atoms with van der Waals surface area (Å²) in [6.45, 7) is 0.641. The third kappa shape index (κ3) is 3.30. The summed E-state index contributed by atoms with van der Waals surface area (Å²) in [6.07, 6.45) is 4.27. The second kappa shape index (κ2) is 6.65. The highest BCUT2D eigenvalue weighted by Gasteiger charge is 2.13. The maximum Gasteiger partial charge on any atom is 0.251 e. The number of aryl methyl sites for hydroxylation is 2. The highest BCUT2D eigenvalue weighted by Crippen LogP contribution is 2.22. The first kappa shape index (κ1) is 14.6. The third-order valence-corrected chi connectivity index (χ3v) is 4.22. The number of nitrogens with one attached hydrogen (secondary N) is 1. The first-order chi connectivity index (χ1) is 10.8. The fourth-order valence-electron chi connectivity index (χ4n) is 2.93. The first-order valence-electron chi connectivity index (χ1n) is 7.79. The lowest BCUT2D eigenvalue weighted by Gasteiger charge is -2.08. The summed E-state index contributed by atoms with van der Waals surface area (Å²) in [7, 11) is 1.66.